The summed E-state index contributed by atoms with van der Waals surface area (Å²) in [6, 6.07) is 5.53. The fraction of sp³-hybridized carbons (Fsp3) is 0.250. The Bertz CT molecular complexity index is 736. The summed E-state index contributed by atoms with van der Waals surface area (Å²) in [4.78, 5) is 16.2. The highest BCUT2D eigenvalue weighted by molar-refractivity contribution is 6.03. The highest BCUT2D eigenvalue weighted by Gasteiger charge is 2.16. The number of aryl methyl sites for hydroxylation is 3. The molecule has 1 aromatic heterocycles. The lowest BCUT2D eigenvalue weighted by Crippen LogP contribution is -2.12. The third-order valence-corrected chi connectivity index (χ3v) is 2.93. The fourth-order valence-corrected chi connectivity index (χ4v) is 1.91. The van der Waals surface area contributed by atoms with E-state index in [1.165, 1.54) is 0 Å². The average molecular weight is 283 g/mol. The van der Waals surface area contributed by atoms with Crippen molar-refractivity contribution < 1.29 is 9.21 Å². The number of nitrogens with two attached hydrogens (primary N) is 1. The number of carbonyl (C=O) groups is 1. The van der Waals surface area contributed by atoms with Gasteiger partial charge in [0, 0.05) is 18.2 Å². The summed E-state index contributed by atoms with van der Waals surface area (Å²) < 4.78 is 5.30. The number of anilines is 1. The molecule has 0 aliphatic rings. The molecule has 1 aromatic carbocycles. The van der Waals surface area contributed by atoms with Crippen molar-refractivity contribution in [1.29, 1.82) is 0 Å². The van der Waals surface area contributed by atoms with Crippen molar-refractivity contribution in [2.75, 3.05) is 11.9 Å². The normalized spacial score (nSPS) is 9.90. The predicted octanol–water partition coefficient (Wildman–Crippen LogP) is 2.16. The number of benzene rings is 1. The standard InChI is InChI=1S/C16H17N3O2/c1-10-6-7-14(9-13(10)5-4-8-17)19-16(20)15-11(2)18-12(3)21-15/h6-7,9H,8,17H2,1-3H3,(H,19,20). The molecule has 2 rings (SSSR count). The zero-order valence-electron chi connectivity index (χ0n) is 12.3. The first kappa shape index (κ1) is 14.8. The van der Waals surface area contributed by atoms with Crippen LogP contribution in [0.3, 0.4) is 0 Å². The smallest absolute Gasteiger partial charge is 0.293 e. The summed E-state index contributed by atoms with van der Waals surface area (Å²) in [5.41, 5.74) is 8.47. The van der Waals surface area contributed by atoms with Gasteiger partial charge in [0.15, 0.2) is 5.89 Å². The Hall–Kier alpha value is -2.58. The molecule has 21 heavy (non-hydrogen) atoms. The minimum absolute atomic E-state index is 0.225. The number of nitrogens with one attached hydrogen (secondary N) is 1. The monoisotopic (exact) mass is 283 g/mol. The van der Waals surface area contributed by atoms with E-state index in [4.69, 9.17) is 10.2 Å². The van der Waals surface area contributed by atoms with E-state index in [0.29, 0.717) is 23.8 Å². The van der Waals surface area contributed by atoms with E-state index in [1.54, 1.807) is 13.8 Å². The van der Waals surface area contributed by atoms with E-state index in [2.05, 4.69) is 22.1 Å². The SMILES string of the molecule is Cc1nc(C)c(C(=O)Nc2ccc(C)c(C#CCN)c2)o1. The van der Waals surface area contributed by atoms with E-state index in [-0.39, 0.29) is 11.7 Å². The Labute approximate surface area is 123 Å². The number of carbonyl (C=O) groups excluding carboxylic acids is 1. The lowest BCUT2D eigenvalue weighted by molar-refractivity contribution is 0.0994. The quantitative estimate of drug-likeness (QED) is 0.828. The maximum absolute atomic E-state index is 12.2. The van der Waals surface area contributed by atoms with Crippen LogP contribution in [0.5, 0.6) is 0 Å². The van der Waals surface area contributed by atoms with Crippen LogP contribution in [0.2, 0.25) is 0 Å². The van der Waals surface area contributed by atoms with Crippen molar-refractivity contribution in [3.63, 3.8) is 0 Å². The van der Waals surface area contributed by atoms with Gasteiger partial charge in [-0.25, -0.2) is 4.98 Å². The maximum atomic E-state index is 12.2. The van der Waals surface area contributed by atoms with Gasteiger partial charge in [0.05, 0.1) is 12.2 Å². The summed E-state index contributed by atoms with van der Waals surface area (Å²) in [6.45, 7) is 5.69. The molecule has 1 amide bonds. The minimum atomic E-state index is -0.324. The van der Waals surface area contributed by atoms with Crippen LogP contribution in [0.15, 0.2) is 22.6 Å². The van der Waals surface area contributed by atoms with Gasteiger partial charge in [-0.1, -0.05) is 17.9 Å². The van der Waals surface area contributed by atoms with Gasteiger partial charge in [0.25, 0.3) is 5.91 Å². The zero-order valence-corrected chi connectivity index (χ0v) is 12.3. The number of hydrogen-bond acceptors (Lipinski definition) is 4. The molecule has 2 aromatic rings. The Morgan fingerprint density at radius 1 is 1.38 bits per heavy atom. The lowest BCUT2D eigenvalue weighted by Gasteiger charge is -2.06. The molecule has 5 nitrogen and oxygen atoms in total. The Kier molecular flexibility index (Phi) is 4.41. The molecule has 0 atom stereocenters. The number of nitrogens with zero attached hydrogens (tertiary/aromatic N) is 1. The zero-order chi connectivity index (χ0) is 15.4. The molecule has 0 saturated heterocycles. The largest absolute Gasteiger partial charge is 0.436 e. The van der Waals surface area contributed by atoms with Gasteiger partial charge >= 0.3 is 0 Å². The number of hydrogen-bond donors (Lipinski definition) is 2. The molecule has 0 radical (unpaired) electrons. The summed E-state index contributed by atoms with van der Waals surface area (Å²) in [6.07, 6.45) is 0. The van der Waals surface area contributed by atoms with Crippen LogP contribution < -0.4 is 11.1 Å². The van der Waals surface area contributed by atoms with Gasteiger partial charge < -0.3 is 15.5 Å². The van der Waals surface area contributed by atoms with Gasteiger partial charge in [-0.3, -0.25) is 4.79 Å². The average Bonchev–Trinajstić information content (AvgIpc) is 2.78. The summed E-state index contributed by atoms with van der Waals surface area (Å²) >= 11 is 0. The highest BCUT2D eigenvalue weighted by atomic mass is 16.4. The Balaban J connectivity index is 2.23. The van der Waals surface area contributed by atoms with Crippen molar-refractivity contribution in [1.82, 2.24) is 4.98 Å². The second-order valence-corrected chi connectivity index (χ2v) is 4.64. The molecule has 0 aliphatic heterocycles. The van der Waals surface area contributed by atoms with E-state index in [1.807, 2.05) is 25.1 Å². The number of oxazole rings is 1. The van der Waals surface area contributed by atoms with Crippen LogP contribution in [0.25, 0.3) is 0 Å². The summed E-state index contributed by atoms with van der Waals surface area (Å²) in [5, 5.41) is 2.78. The fourth-order valence-electron chi connectivity index (χ4n) is 1.91. The predicted molar refractivity (Wildman–Crippen MR) is 81.0 cm³/mol. The summed E-state index contributed by atoms with van der Waals surface area (Å²) in [7, 11) is 0. The first-order valence-electron chi connectivity index (χ1n) is 6.56. The van der Waals surface area contributed by atoms with Gasteiger partial charge in [-0.2, -0.15) is 0 Å². The van der Waals surface area contributed by atoms with Gasteiger partial charge in [0.1, 0.15) is 0 Å². The Morgan fingerprint density at radius 3 is 2.76 bits per heavy atom. The minimum Gasteiger partial charge on any atom is -0.436 e. The van der Waals surface area contributed by atoms with Gasteiger partial charge in [-0.05, 0) is 31.5 Å². The van der Waals surface area contributed by atoms with E-state index >= 15 is 0 Å². The van der Waals surface area contributed by atoms with Crippen molar-refractivity contribution in [3.05, 3.63) is 46.7 Å². The highest BCUT2D eigenvalue weighted by Crippen LogP contribution is 2.17. The van der Waals surface area contributed by atoms with Crippen molar-refractivity contribution in [2.45, 2.75) is 20.8 Å². The third kappa shape index (κ3) is 3.50. The van der Waals surface area contributed by atoms with Crippen LogP contribution in [0.4, 0.5) is 5.69 Å². The number of amides is 1. The topological polar surface area (TPSA) is 81.2 Å². The maximum Gasteiger partial charge on any atom is 0.293 e. The summed E-state index contributed by atoms with van der Waals surface area (Å²) in [5.74, 6) is 6.15. The first-order valence-corrected chi connectivity index (χ1v) is 6.56. The lowest BCUT2D eigenvalue weighted by atomic mass is 10.1. The second kappa shape index (κ2) is 6.25. The Morgan fingerprint density at radius 2 is 2.14 bits per heavy atom. The molecular formula is C16H17N3O2. The molecule has 0 bridgehead atoms. The van der Waals surface area contributed by atoms with Crippen LogP contribution in [-0.4, -0.2) is 17.4 Å². The van der Waals surface area contributed by atoms with E-state index < -0.39 is 0 Å². The second-order valence-electron chi connectivity index (χ2n) is 4.64. The molecule has 0 fully saturated rings. The molecular weight excluding hydrogens is 266 g/mol. The molecule has 0 unspecified atom stereocenters. The molecule has 3 N–H and O–H groups in total. The van der Waals surface area contributed by atoms with Crippen LogP contribution in [0, 0.1) is 32.6 Å². The molecule has 108 valence electrons. The van der Waals surface area contributed by atoms with Crippen molar-refractivity contribution in [3.8, 4) is 11.8 Å². The molecule has 0 spiro atoms. The molecule has 1 heterocycles. The molecule has 5 heteroatoms. The van der Waals surface area contributed by atoms with Gasteiger partial charge in [-0.15, -0.1) is 0 Å². The van der Waals surface area contributed by atoms with Crippen LogP contribution in [0.1, 0.15) is 33.3 Å². The van der Waals surface area contributed by atoms with Crippen molar-refractivity contribution >= 4 is 11.6 Å². The third-order valence-electron chi connectivity index (χ3n) is 2.93. The number of aromatic nitrogens is 1. The number of rotatable bonds is 2. The van der Waals surface area contributed by atoms with Gasteiger partial charge in [0.2, 0.25) is 5.76 Å². The molecule has 0 saturated carbocycles. The van der Waals surface area contributed by atoms with Crippen LogP contribution >= 0.6 is 0 Å². The van der Waals surface area contributed by atoms with Crippen molar-refractivity contribution in [2.24, 2.45) is 5.73 Å². The molecule has 0 aliphatic carbocycles. The van der Waals surface area contributed by atoms with Crippen LogP contribution in [-0.2, 0) is 0 Å². The van der Waals surface area contributed by atoms with E-state index in [9.17, 15) is 4.79 Å². The van der Waals surface area contributed by atoms with E-state index in [0.717, 1.165) is 11.1 Å². The first-order chi connectivity index (χ1) is 10.0.